The second-order valence-electron chi connectivity index (χ2n) is 8.00. The molecule has 0 saturated carbocycles. The van der Waals surface area contributed by atoms with Gasteiger partial charge in [0.05, 0.1) is 28.6 Å². The van der Waals surface area contributed by atoms with Crippen LogP contribution >= 0.6 is 0 Å². The van der Waals surface area contributed by atoms with Gasteiger partial charge in [0, 0.05) is 49.7 Å². The first-order valence-corrected chi connectivity index (χ1v) is 12.3. The van der Waals surface area contributed by atoms with Crippen LogP contribution in [0, 0.1) is 10.1 Å². The third-order valence-electron chi connectivity index (χ3n) is 5.83. The lowest BCUT2D eigenvalue weighted by atomic mass is 10.1. The Morgan fingerprint density at radius 1 is 1.00 bits per heavy atom. The lowest BCUT2D eigenvalue weighted by molar-refractivity contribution is -0.384. The normalized spacial score (nSPS) is 17.5. The van der Waals surface area contributed by atoms with Crippen molar-refractivity contribution < 1.29 is 22.9 Å². The number of rotatable bonds is 6. The standard InChI is InChI=1S/C22H26N4O6S/c27-22(23-17-5-4-6-18(15-17)26(28)29)20-16-19(33(30,31)25-11-13-32-14-12-25)7-8-21(20)24-9-2-1-3-10-24/h4-8,15-16H,1-3,9-14H2,(H,23,27). The number of nitrogens with one attached hydrogen (secondary N) is 1. The van der Waals surface area contributed by atoms with Crippen molar-refractivity contribution in [2.24, 2.45) is 0 Å². The molecule has 2 fully saturated rings. The second kappa shape index (κ2) is 9.86. The molecule has 0 radical (unpaired) electrons. The van der Waals surface area contributed by atoms with Gasteiger partial charge in [-0.05, 0) is 43.5 Å². The largest absolute Gasteiger partial charge is 0.379 e. The fourth-order valence-electron chi connectivity index (χ4n) is 4.10. The number of carbonyl (C=O) groups excluding carboxylic acids is 1. The monoisotopic (exact) mass is 474 g/mol. The zero-order valence-electron chi connectivity index (χ0n) is 18.1. The minimum Gasteiger partial charge on any atom is -0.379 e. The number of morpholine rings is 1. The van der Waals surface area contributed by atoms with Gasteiger partial charge in [-0.15, -0.1) is 0 Å². The fraction of sp³-hybridized carbons (Fsp3) is 0.409. The molecule has 11 heteroatoms. The third kappa shape index (κ3) is 5.15. The molecule has 2 aliphatic rings. The molecule has 33 heavy (non-hydrogen) atoms. The van der Waals surface area contributed by atoms with E-state index in [4.69, 9.17) is 4.74 Å². The molecule has 10 nitrogen and oxygen atoms in total. The van der Waals surface area contributed by atoms with E-state index >= 15 is 0 Å². The van der Waals surface area contributed by atoms with Crippen molar-refractivity contribution in [3.05, 3.63) is 58.1 Å². The Balaban J connectivity index is 1.69. The van der Waals surface area contributed by atoms with Crippen molar-refractivity contribution in [3.8, 4) is 0 Å². The van der Waals surface area contributed by atoms with Gasteiger partial charge in [0.25, 0.3) is 11.6 Å². The highest BCUT2D eigenvalue weighted by Crippen LogP contribution is 2.29. The highest BCUT2D eigenvalue weighted by molar-refractivity contribution is 7.89. The molecule has 2 heterocycles. The third-order valence-corrected chi connectivity index (χ3v) is 7.73. The maximum absolute atomic E-state index is 13.3. The predicted octanol–water partition coefficient (Wildman–Crippen LogP) is 2.86. The molecule has 176 valence electrons. The molecule has 0 bridgehead atoms. The minimum atomic E-state index is -3.79. The Morgan fingerprint density at radius 2 is 1.73 bits per heavy atom. The Hall–Kier alpha value is -3.02. The quantitative estimate of drug-likeness (QED) is 0.505. The Kier molecular flexibility index (Phi) is 6.91. The van der Waals surface area contributed by atoms with Crippen molar-refractivity contribution in [3.63, 3.8) is 0 Å². The second-order valence-corrected chi connectivity index (χ2v) is 9.94. The number of anilines is 2. The van der Waals surface area contributed by atoms with Gasteiger partial charge in [-0.25, -0.2) is 8.42 Å². The Labute approximate surface area is 192 Å². The molecule has 1 amide bonds. The summed E-state index contributed by atoms with van der Waals surface area (Å²) < 4.78 is 33.0. The summed E-state index contributed by atoms with van der Waals surface area (Å²) in [7, 11) is -3.79. The van der Waals surface area contributed by atoms with Gasteiger partial charge in [0.2, 0.25) is 10.0 Å². The minimum absolute atomic E-state index is 0.0364. The maximum Gasteiger partial charge on any atom is 0.271 e. The fourth-order valence-corrected chi connectivity index (χ4v) is 5.53. The molecule has 2 aromatic rings. The summed E-state index contributed by atoms with van der Waals surface area (Å²) in [4.78, 5) is 25.9. The molecular weight excluding hydrogens is 448 g/mol. The summed E-state index contributed by atoms with van der Waals surface area (Å²) in [5, 5.41) is 13.8. The maximum atomic E-state index is 13.3. The zero-order valence-corrected chi connectivity index (χ0v) is 18.9. The molecule has 4 rings (SSSR count). The number of sulfonamides is 1. The van der Waals surface area contributed by atoms with Crippen molar-refractivity contribution in [1.29, 1.82) is 0 Å². The number of ether oxygens (including phenoxy) is 1. The highest BCUT2D eigenvalue weighted by atomic mass is 32.2. The van der Waals surface area contributed by atoms with Crippen LogP contribution in [0.3, 0.4) is 0 Å². The van der Waals surface area contributed by atoms with Crippen molar-refractivity contribution in [1.82, 2.24) is 4.31 Å². The number of carbonyl (C=O) groups is 1. The lowest BCUT2D eigenvalue weighted by Crippen LogP contribution is -2.40. The van der Waals surface area contributed by atoms with Gasteiger partial charge in [-0.2, -0.15) is 4.31 Å². The van der Waals surface area contributed by atoms with Crippen LogP contribution in [0.1, 0.15) is 29.6 Å². The van der Waals surface area contributed by atoms with Crippen molar-refractivity contribution >= 4 is 33.0 Å². The van der Waals surface area contributed by atoms with E-state index in [2.05, 4.69) is 10.2 Å². The number of hydrogen-bond donors (Lipinski definition) is 1. The van der Waals surface area contributed by atoms with Crippen LogP contribution in [0.4, 0.5) is 17.1 Å². The van der Waals surface area contributed by atoms with E-state index in [1.165, 1.54) is 28.6 Å². The van der Waals surface area contributed by atoms with Gasteiger partial charge in [0.15, 0.2) is 0 Å². The molecule has 0 atom stereocenters. The Bertz CT molecular complexity index is 1140. The molecule has 0 spiro atoms. The summed E-state index contributed by atoms with van der Waals surface area (Å²) in [5.74, 6) is -0.518. The molecule has 2 aliphatic heterocycles. The van der Waals surface area contributed by atoms with Gasteiger partial charge < -0.3 is 15.0 Å². The van der Waals surface area contributed by atoms with Crippen LogP contribution < -0.4 is 10.2 Å². The Morgan fingerprint density at radius 3 is 2.42 bits per heavy atom. The number of amides is 1. The number of nitro groups is 1. The first kappa shape index (κ1) is 23.1. The predicted molar refractivity (Wildman–Crippen MR) is 123 cm³/mol. The van der Waals surface area contributed by atoms with Crippen molar-refractivity contribution in [2.75, 3.05) is 49.6 Å². The van der Waals surface area contributed by atoms with Crippen LogP contribution in [0.15, 0.2) is 47.4 Å². The van der Waals surface area contributed by atoms with E-state index in [1.54, 1.807) is 18.2 Å². The summed E-state index contributed by atoms with van der Waals surface area (Å²) in [6.45, 7) is 2.70. The smallest absolute Gasteiger partial charge is 0.271 e. The average Bonchev–Trinajstić information content (AvgIpc) is 2.85. The van der Waals surface area contributed by atoms with Crippen LogP contribution in [-0.2, 0) is 14.8 Å². The number of nitro benzene ring substituents is 1. The molecule has 1 N–H and O–H groups in total. The average molecular weight is 475 g/mol. The van der Waals surface area contributed by atoms with E-state index in [9.17, 15) is 23.3 Å². The number of benzene rings is 2. The highest BCUT2D eigenvalue weighted by Gasteiger charge is 2.29. The van der Waals surface area contributed by atoms with Crippen LogP contribution in [0.5, 0.6) is 0 Å². The molecule has 0 aliphatic carbocycles. The number of piperidine rings is 1. The van der Waals surface area contributed by atoms with E-state index in [0.717, 1.165) is 32.4 Å². The molecule has 2 aromatic carbocycles. The molecule has 2 saturated heterocycles. The van der Waals surface area contributed by atoms with Gasteiger partial charge in [-0.3, -0.25) is 14.9 Å². The van der Waals surface area contributed by atoms with E-state index in [-0.39, 0.29) is 34.9 Å². The zero-order chi connectivity index (χ0) is 23.4. The molecule has 0 aromatic heterocycles. The van der Waals surface area contributed by atoms with Crippen molar-refractivity contribution in [2.45, 2.75) is 24.2 Å². The first-order chi connectivity index (χ1) is 15.9. The lowest BCUT2D eigenvalue weighted by Gasteiger charge is -2.31. The van der Waals surface area contributed by atoms with E-state index < -0.39 is 20.9 Å². The number of hydrogen-bond acceptors (Lipinski definition) is 7. The topological polar surface area (TPSA) is 122 Å². The van der Waals surface area contributed by atoms with Gasteiger partial charge in [0.1, 0.15) is 0 Å². The molecule has 0 unspecified atom stereocenters. The first-order valence-electron chi connectivity index (χ1n) is 10.9. The summed E-state index contributed by atoms with van der Waals surface area (Å²) in [6, 6.07) is 10.3. The van der Waals surface area contributed by atoms with Crippen LogP contribution in [0.2, 0.25) is 0 Å². The number of non-ortho nitro benzene ring substituents is 1. The summed E-state index contributed by atoms with van der Waals surface area (Å²) in [5.41, 5.74) is 0.990. The number of nitrogens with zero attached hydrogens (tertiary/aromatic N) is 3. The molecular formula is C22H26N4O6S. The van der Waals surface area contributed by atoms with Gasteiger partial charge >= 0.3 is 0 Å². The summed E-state index contributed by atoms with van der Waals surface area (Å²) in [6.07, 6.45) is 3.08. The van der Waals surface area contributed by atoms with Crippen LogP contribution in [0.25, 0.3) is 0 Å². The SMILES string of the molecule is O=C(Nc1cccc([N+](=O)[O-])c1)c1cc(S(=O)(=O)N2CCOCC2)ccc1N1CCCCC1. The summed E-state index contributed by atoms with van der Waals surface area (Å²) >= 11 is 0. The van der Waals surface area contributed by atoms with E-state index in [1.807, 2.05) is 0 Å². The van der Waals surface area contributed by atoms with Crippen LogP contribution in [-0.4, -0.2) is 62.9 Å². The van der Waals surface area contributed by atoms with Gasteiger partial charge in [-0.1, -0.05) is 6.07 Å². The van der Waals surface area contributed by atoms with E-state index in [0.29, 0.717) is 18.9 Å².